The topological polar surface area (TPSA) is 64.5 Å². The van der Waals surface area contributed by atoms with Gasteiger partial charge in [0.15, 0.2) is 0 Å². The third kappa shape index (κ3) is 4.94. The molecule has 0 atom stereocenters. The van der Waals surface area contributed by atoms with Gasteiger partial charge in [0.05, 0.1) is 17.6 Å². The lowest BCUT2D eigenvalue weighted by Crippen LogP contribution is -2.33. The van der Waals surface area contributed by atoms with E-state index in [4.69, 9.17) is 0 Å². The maximum Gasteiger partial charge on any atom is 0.416 e. The predicted molar refractivity (Wildman–Crippen MR) is 116 cm³/mol. The quantitative estimate of drug-likeness (QED) is 0.533. The van der Waals surface area contributed by atoms with Crippen LogP contribution in [0.2, 0.25) is 0 Å². The molecule has 6 nitrogen and oxygen atoms in total. The number of halogens is 4. The lowest BCUT2D eigenvalue weighted by atomic mass is 10.1. The van der Waals surface area contributed by atoms with E-state index < -0.39 is 23.1 Å². The van der Waals surface area contributed by atoms with Gasteiger partial charge in [-0.05, 0) is 36.5 Å². The number of nitrogens with zero attached hydrogens (tertiary/aromatic N) is 4. The molecule has 4 rings (SSSR count). The Morgan fingerprint density at radius 2 is 1.94 bits per heavy atom. The fourth-order valence-electron chi connectivity index (χ4n) is 3.83. The summed E-state index contributed by atoms with van der Waals surface area (Å²) in [7, 11) is 0. The second-order valence-electron chi connectivity index (χ2n) is 7.53. The van der Waals surface area contributed by atoms with Gasteiger partial charge in [0.2, 0.25) is 5.95 Å². The summed E-state index contributed by atoms with van der Waals surface area (Å²) in [6.45, 7) is 3.35. The summed E-state index contributed by atoms with van der Waals surface area (Å²) < 4.78 is 54.3. The van der Waals surface area contributed by atoms with Gasteiger partial charge in [0, 0.05) is 38.3 Å². The Morgan fingerprint density at radius 3 is 2.72 bits per heavy atom. The molecule has 32 heavy (non-hydrogen) atoms. The zero-order chi connectivity index (χ0) is 22.7. The molecule has 3 heterocycles. The molecule has 0 aliphatic carbocycles. The van der Waals surface area contributed by atoms with Crippen LogP contribution < -0.4 is 10.2 Å². The SMILES string of the molecule is OCCN1CCCN(c2nc(NCc3c(F)cccc3C(F)(F)F)c3ccsc3n2)CC1. The highest BCUT2D eigenvalue weighted by Crippen LogP contribution is 2.34. The molecule has 1 aromatic carbocycles. The number of anilines is 2. The standard InChI is InChI=1S/C21H23F4N5OS/c22-17-4-1-3-16(21(23,24)25)15(17)13-26-18-14-5-12-32-19(14)28-20(27-18)30-7-2-6-29(8-9-30)10-11-31/h1,3-5,12,31H,2,6-11,13H2,(H,26,27,28). The van der Waals surface area contributed by atoms with Crippen LogP contribution in [0.5, 0.6) is 0 Å². The predicted octanol–water partition coefficient (Wildman–Crippen LogP) is 3.97. The first-order valence-electron chi connectivity index (χ1n) is 10.3. The molecule has 0 spiro atoms. The molecule has 3 aromatic rings. The molecular formula is C21H23F4N5OS. The van der Waals surface area contributed by atoms with E-state index >= 15 is 0 Å². The number of benzene rings is 1. The summed E-state index contributed by atoms with van der Waals surface area (Å²) >= 11 is 1.41. The third-order valence-corrected chi connectivity index (χ3v) is 6.26. The summed E-state index contributed by atoms with van der Waals surface area (Å²) in [5, 5.41) is 14.6. The number of thiophene rings is 1. The van der Waals surface area contributed by atoms with Crippen LogP contribution in [0, 0.1) is 5.82 Å². The second kappa shape index (κ2) is 9.55. The number of β-amino-alcohol motifs (C(OH)–C–C–N with tert-alkyl or cyclic N) is 1. The Bertz CT molecular complexity index is 1070. The molecule has 172 valence electrons. The maximum absolute atomic E-state index is 14.3. The number of alkyl halides is 3. The second-order valence-corrected chi connectivity index (χ2v) is 8.43. The number of rotatable bonds is 6. The van der Waals surface area contributed by atoms with E-state index in [0.29, 0.717) is 35.1 Å². The van der Waals surface area contributed by atoms with Crippen LogP contribution in [0.25, 0.3) is 10.2 Å². The van der Waals surface area contributed by atoms with Crippen molar-refractivity contribution in [3.63, 3.8) is 0 Å². The molecule has 2 aromatic heterocycles. The highest BCUT2D eigenvalue weighted by Gasteiger charge is 2.34. The summed E-state index contributed by atoms with van der Waals surface area (Å²) in [5.41, 5.74) is -1.45. The molecule has 0 amide bonds. The van der Waals surface area contributed by atoms with Gasteiger partial charge in [-0.3, -0.25) is 4.90 Å². The van der Waals surface area contributed by atoms with Gasteiger partial charge in [-0.25, -0.2) is 9.37 Å². The molecule has 0 unspecified atom stereocenters. The Balaban J connectivity index is 1.60. The fraction of sp³-hybridized carbons (Fsp3) is 0.429. The van der Waals surface area contributed by atoms with E-state index in [1.807, 2.05) is 10.3 Å². The Labute approximate surface area is 186 Å². The van der Waals surface area contributed by atoms with Crippen LogP contribution in [0.4, 0.5) is 29.3 Å². The van der Waals surface area contributed by atoms with Crippen molar-refractivity contribution in [3.05, 3.63) is 46.6 Å². The molecular weight excluding hydrogens is 446 g/mol. The van der Waals surface area contributed by atoms with Crippen molar-refractivity contribution >= 4 is 33.3 Å². The molecule has 0 saturated carbocycles. The highest BCUT2D eigenvalue weighted by molar-refractivity contribution is 7.16. The zero-order valence-electron chi connectivity index (χ0n) is 17.2. The van der Waals surface area contributed by atoms with Gasteiger partial charge in [0.25, 0.3) is 0 Å². The molecule has 1 aliphatic heterocycles. The molecule has 0 radical (unpaired) electrons. The minimum Gasteiger partial charge on any atom is -0.395 e. The first-order valence-corrected chi connectivity index (χ1v) is 11.2. The van der Waals surface area contributed by atoms with Gasteiger partial charge in [-0.1, -0.05) is 6.07 Å². The number of hydrogen-bond donors (Lipinski definition) is 2. The molecule has 0 bridgehead atoms. The van der Waals surface area contributed by atoms with Crippen molar-refractivity contribution in [2.45, 2.75) is 19.1 Å². The van der Waals surface area contributed by atoms with Crippen LogP contribution in [0.3, 0.4) is 0 Å². The molecule has 2 N–H and O–H groups in total. The molecule has 1 aliphatic rings. The lowest BCUT2D eigenvalue weighted by Gasteiger charge is -2.22. The van der Waals surface area contributed by atoms with E-state index in [1.54, 1.807) is 6.07 Å². The van der Waals surface area contributed by atoms with Crippen LogP contribution >= 0.6 is 11.3 Å². The maximum atomic E-state index is 14.3. The smallest absolute Gasteiger partial charge is 0.395 e. The number of aliphatic hydroxyl groups excluding tert-OH is 1. The summed E-state index contributed by atoms with van der Waals surface area (Å²) in [5.74, 6) is -0.0587. The lowest BCUT2D eigenvalue weighted by molar-refractivity contribution is -0.138. The highest BCUT2D eigenvalue weighted by atomic mass is 32.1. The van der Waals surface area contributed by atoms with Crippen molar-refractivity contribution in [1.82, 2.24) is 14.9 Å². The van der Waals surface area contributed by atoms with Crippen LogP contribution in [0.15, 0.2) is 29.6 Å². The normalized spacial score (nSPS) is 15.8. The van der Waals surface area contributed by atoms with E-state index in [-0.39, 0.29) is 13.2 Å². The molecule has 11 heteroatoms. The van der Waals surface area contributed by atoms with E-state index in [0.717, 1.165) is 44.3 Å². The number of hydrogen-bond acceptors (Lipinski definition) is 7. The van der Waals surface area contributed by atoms with Crippen molar-refractivity contribution in [1.29, 1.82) is 0 Å². The number of aromatic nitrogens is 2. The van der Waals surface area contributed by atoms with E-state index in [1.165, 1.54) is 11.3 Å². The van der Waals surface area contributed by atoms with Gasteiger partial charge < -0.3 is 15.3 Å². The first-order chi connectivity index (χ1) is 15.4. The van der Waals surface area contributed by atoms with Crippen molar-refractivity contribution in [2.24, 2.45) is 0 Å². The third-order valence-electron chi connectivity index (χ3n) is 5.46. The van der Waals surface area contributed by atoms with Crippen LogP contribution in [0.1, 0.15) is 17.5 Å². The zero-order valence-corrected chi connectivity index (χ0v) is 18.0. The molecule has 1 saturated heterocycles. The van der Waals surface area contributed by atoms with Crippen molar-refractivity contribution in [3.8, 4) is 0 Å². The Kier molecular flexibility index (Phi) is 6.77. The average molecular weight is 470 g/mol. The Hall–Kier alpha value is -2.50. The average Bonchev–Trinajstić information content (AvgIpc) is 3.11. The van der Waals surface area contributed by atoms with Crippen LogP contribution in [-0.4, -0.2) is 59.3 Å². The van der Waals surface area contributed by atoms with Crippen molar-refractivity contribution in [2.75, 3.05) is 49.5 Å². The number of aliphatic hydroxyl groups is 1. The van der Waals surface area contributed by atoms with Crippen LogP contribution in [-0.2, 0) is 12.7 Å². The largest absolute Gasteiger partial charge is 0.416 e. The minimum absolute atomic E-state index is 0.0989. The molecule has 1 fully saturated rings. The summed E-state index contributed by atoms with van der Waals surface area (Å²) in [6, 6.07) is 4.75. The first kappa shape index (κ1) is 22.7. The van der Waals surface area contributed by atoms with Gasteiger partial charge in [-0.15, -0.1) is 11.3 Å². The number of fused-ring (bicyclic) bond motifs is 1. The van der Waals surface area contributed by atoms with Gasteiger partial charge >= 0.3 is 6.18 Å². The van der Waals surface area contributed by atoms with Gasteiger partial charge in [-0.2, -0.15) is 18.2 Å². The Morgan fingerprint density at radius 1 is 1.09 bits per heavy atom. The fourth-order valence-corrected chi connectivity index (χ4v) is 4.59. The summed E-state index contributed by atoms with van der Waals surface area (Å²) in [4.78, 5) is 14.1. The summed E-state index contributed by atoms with van der Waals surface area (Å²) in [6.07, 6.45) is -3.78. The minimum atomic E-state index is -4.65. The van der Waals surface area contributed by atoms with E-state index in [2.05, 4.69) is 20.2 Å². The number of nitrogens with one attached hydrogen (secondary N) is 1. The van der Waals surface area contributed by atoms with Crippen molar-refractivity contribution < 1.29 is 22.7 Å². The van der Waals surface area contributed by atoms with E-state index in [9.17, 15) is 22.7 Å². The monoisotopic (exact) mass is 469 g/mol. The van der Waals surface area contributed by atoms with Gasteiger partial charge in [0.1, 0.15) is 16.5 Å².